The monoisotopic (exact) mass is 468 g/mol. The molecule has 0 amide bonds. The van der Waals surface area contributed by atoms with Gasteiger partial charge in [0.1, 0.15) is 0 Å². The van der Waals surface area contributed by atoms with Gasteiger partial charge in [-0.2, -0.15) is 0 Å². The van der Waals surface area contributed by atoms with Gasteiger partial charge in [-0.15, -0.1) is 35.3 Å². The fraction of sp³-hybridized carbons (Fsp3) is 0.688. The summed E-state index contributed by atoms with van der Waals surface area (Å²) < 4.78 is 10.8. The van der Waals surface area contributed by atoms with E-state index >= 15 is 0 Å². The van der Waals surface area contributed by atoms with Crippen molar-refractivity contribution in [2.24, 2.45) is 10.7 Å². The molecule has 1 fully saturated rings. The van der Waals surface area contributed by atoms with E-state index in [0.29, 0.717) is 19.1 Å². The quantitative estimate of drug-likeness (QED) is 0.364. The van der Waals surface area contributed by atoms with E-state index in [4.69, 9.17) is 15.2 Å². The molecule has 1 aliphatic rings. The van der Waals surface area contributed by atoms with Crippen LogP contribution in [0.2, 0.25) is 0 Å². The predicted molar refractivity (Wildman–Crippen MR) is 110 cm³/mol. The topological polar surface area (TPSA) is 72.1 Å². The van der Waals surface area contributed by atoms with Crippen LogP contribution in [0.1, 0.15) is 24.8 Å². The Hall–Kier alpha value is -0.420. The third-order valence-electron chi connectivity index (χ3n) is 3.83. The van der Waals surface area contributed by atoms with Crippen LogP contribution in [0.5, 0.6) is 0 Å². The molecule has 3 unspecified atom stereocenters. The molecule has 8 heteroatoms. The van der Waals surface area contributed by atoms with Gasteiger partial charge >= 0.3 is 0 Å². The minimum atomic E-state index is 0. The molecule has 1 aromatic heterocycles. The first-order valence-electron chi connectivity index (χ1n) is 8.04. The van der Waals surface area contributed by atoms with Crippen LogP contribution >= 0.6 is 35.3 Å². The second-order valence-electron chi connectivity index (χ2n) is 5.93. The number of morpholine rings is 1. The zero-order chi connectivity index (χ0) is 16.7. The highest BCUT2D eigenvalue weighted by Gasteiger charge is 2.26. The largest absolute Gasteiger partial charge is 0.383 e. The van der Waals surface area contributed by atoms with Crippen LogP contribution in [0.3, 0.4) is 0 Å². The van der Waals surface area contributed by atoms with Crippen LogP contribution in [0.4, 0.5) is 0 Å². The summed E-state index contributed by atoms with van der Waals surface area (Å²) in [7, 11) is 1.68. The first-order valence-corrected chi connectivity index (χ1v) is 8.92. The maximum Gasteiger partial charge on any atom is 0.188 e. The molecular weight excluding hydrogens is 439 g/mol. The number of nitrogens with one attached hydrogen (secondary N) is 1. The number of guanidine groups is 1. The minimum absolute atomic E-state index is 0. The van der Waals surface area contributed by atoms with E-state index in [1.54, 1.807) is 18.4 Å². The highest BCUT2D eigenvalue weighted by molar-refractivity contribution is 14.0. The Bertz CT molecular complexity index is 486. The Morgan fingerprint density at radius 2 is 2.42 bits per heavy atom. The maximum absolute atomic E-state index is 6.01. The van der Waals surface area contributed by atoms with Gasteiger partial charge in [0.15, 0.2) is 5.96 Å². The zero-order valence-electron chi connectivity index (χ0n) is 14.6. The number of aliphatic imine (C=N–C) groups is 1. The molecular formula is C16H29IN4O2S. The second-order valence-corrected chi connectivity index (χ2v) is 6.91. The first kappa shape index (κ1) is 21.6. The number of methoxy groups -OCH3 is 1. The van der Waals surface area contributed by atoms with Gasteiger partial charge in [-0.1, -0.05) is 6.07 Å². The van der Waals surface area contributed by atoms with Gasteiger partial charge in [0.25, 0.3) is 0 Å². The van der Waals surface area contributed by atoms with E-state index in [0.717, 1.165) is 19.7 Å². The maximum atomic E-state index is 6.01. The molecule has 0 aromatic carbocycles. The van der Waals surface area contributed by atoms with Crippen LogP contribution in [0.15, 0.2) is 22.5 Å². The number of nitrogens with two attached hydrogens (primary N) is 1. The summed E-state index contributed by atoms with van der Waals surface area (Å²) in [5, 5.41) is 5.27. The lowest BCUT2D eigenvalue weighted by atomic mass is 10.1. The van der Waals surface area contributed by atoms with Crippen molar-refractivity contribution in [3.63, 3.8) is 0 Å². The Balaban J connectivity index is 0.00000288. The van der Waals surface area contributed by atoms with E-state index in [2.05, 4.69) is 39.6 Å². The summed E-state index contributed by atoms with van der Waals surface area (Å²) >= 11 is 1.77. The Kier molecular flexibility index (Phi) is 10.1. The van der Waals surface area contributed by atoms with Crippen molar-refractivity contribution in [3.05, 3.63) is 22.4 Å². The average molecular weight is 468 g/mol. The number of rotatable bonds is 7. The average Bonchev–Trinajstić information content (AvgIpc) is 3.02. The van der Waals surface area contributed by atoms with Crippen LogP contribution < -0.4 is 11.1 Å². The summed E-state index contributed by atoms with van der Waals surface area (Å²) in [6, 6.07) is 4.65. The van der Waals surface area contributed by atoms with Gasteiger partial charge in [0.05, 0.1) is 31.9 Å². The molecule has 0 radical (unpaired) electrons. The van der Waals surface area contributed by atoms with Gasteiger partial charge in [-0.05, 0) is 25.3 Å². The lowest BCUT2D eigenvalue weighted by Crippen LogP contribution is -2.44. The number of ether oxygens (including phenoxy) is 2. The molecule has 1 saturated heterocycles. The summed E-state index contributed by atoms with van der Waals surface area (Å²) in [6.07, 6.45) is 0.257. The van der Waals surface area contributed by atoms with Crippen LogP contribution in [-0.4, -0.2) is 63.0 Å². The van der Waals surface area contributed by atoms with Gasteiger partial charge in [0, 0.05) is 31.1 Å². The van der Waals surface area contributed by atoms with Crippen LogP contribution in [0, 0.1) is 0 Å². The molecule has 0 spiro atoms. The smallest absolute Gasteiger partial charge is 0.188 e. The number of hydrogen-bond donors (Lipinski definition) is 2. The highest BCUT2D eigenvalue weighted by atomic mass is 127. The minimum Gasteiger partial charge on any atom is -0.383 e. The third-order valence-corrected chi connectivity index (χ3v) is 4.80. The fourth-order valence-corrected chi connectivity index (χ4v) is 3.62. The number of hydrogen-bond acceptors (Lipinski definition) is 5. The van der Waals surface area contributed by atoms with Crippen molar-refractivity contribution >= 4 is 41.3 Å². The van der Waals surface area contributed by atoms with E-state index in [1.165, 1.54) is 4.88 Å². The van der Waals surface area contributed by atoms with E-state index < -0.39 is 0 Å². The Labute approximate surface area is 165 Å². The SMILES string of the molecule is COCC(C)NC(N)=NCC(c1cccs1)N1CCOC(C)C1.I. The summed E-state index contributed by atoms with van der Waals surface area (Å²) in [4.78, 5) is 8.31. The molecule has 1 aromatic rings. The Morgan fingerprint density at radius 3 is 3.04 bits per heavy atom. The number of thiophene rings is 1. The lowest BCUT2D eigenvalue weighted by Gasteiger charge is -2.36. The lowest BCUT2D eigenvalue weighted by molar-refractivity contribution is -0.0327. The molecule has 2 rings (SSSR count). The van der Waals surface area contributed by atoms with Crippen molar-refractivity contribution in [1.82, 2.24) is 10.2 Å². The number of halogens is 1. The molecule has 2 heterocycles. The highest BCUT2D eigenvalue weighted by Crippen LogP contribution is 2.27. The molecule has 1 aliphatic heterocycles. The van der Waals surface area contributed by atoms with Crippen LogP contribution in [-0.2, 0) is 9.47 Å². The molecule has 0 aliphatic carbocycles. The van der Waals surface area contributed by atoms with Gasteiger partial charge in [-0.25, -0.2) is 0 Å². The van der Waals surface area contributed by atoms with Gasteiger partial charge in [0.2, 0.25) is 0 Å². The third kappa shape index (κ3) is 6.83. The standard InChI is InChI=1S/C16H28N4O2S.HI/c1-12(11-21-3)19-16(17)18-9-14(15-5-4-8-23-15)20-6-7-22-13(2)10-20;/h4-5,8,12-14H,6-7,9-11H2,1-3H3,(H3,17,18,19);1H. The van der Waals surface area contributed by atoms with Crippen molar-refractivity contribution in [1.29, 1.82) is 0 Å². The summed E-state index contributed by atoms with van der Waals surface area (Å²) in [5.41, 5.74) is 6.01. The van der Waals surface area contributed by atoms with E-state index in [9.17, 15) is 0 Å². The summed E-state index contributed by atoms with van der Waals surface area (Å²) in [5.74, 6) is 0.470. The van der Waals surface area contributed by atoms with Gasteiger partial charge < -0.3 is 20.5 Å². The molecule has 0 saturated carbocycles. The van der Waals surface area contributed by atoms with Gasteiger partial charge in [-0.3, -0.25) is 9.89 Å². The molecule has 0 bridgehead atoms. The first-order chi connectivity index (χ1) is 11.1. The van der Waals surface area contributed by atoms with Crippen LogP contribution in [0.25, 0.3) is 0 Å². The zero-order valence-corrected chi connectivity index (χ0v) is 17.8. The summed E-state index contributed by atoms with van der Waals surface area (Å²) in [6.45, 7) is 8.00. The van der Waals surface area contributed by atoms with Crippen molar-refractivity contribution in [2.75, 3.05) is 40.0 Å². The van der Waals surface area contributed by atoms with Crippen molar-refractivity contribution in [2.45, 2.75) is 32.0 Å². The molecule has 6 nitrogen and oxygen atoms in total. The second kappa shape index (κ2) is 11.2. The number of nitrogens with zero attached hydrogens (tertiary/aromatic N) is 2. The van der Waals surface area contributed by atoms with E-state index in [1.807, 2.05) is 6.92 Å². The normalized spacial score (nSPS) is 21.8. The molecule has 138 valence electrons. The molecule has 3 N–H and O–H groups in total. The van der Waals surface area contributed by atoms with Crippen molar-refractivity contribution in [3.8, 4) is 0 Å². The fourth-order valence-electron chi connectivity index (χ4n) is 2.77. The Morgan fingerprint density at radius 1 is 1.62 bits per heavy atom. The molecule has 3 atom stereocenters. The van der Waals surface area contributed by atoms with Crippen molar-refractivity contribution < 1.29 is 9.47 Å². The predicted octanol–water partition coefficient (Wildman–Crippen LogP) is 2.07. The van der Waals surface area contributed by atoms with E-state index in [-0.39, 0.29) is 42.2 Å². The molecule has 24 heavy (non-hydrogen) atoms.